The zero-order valence-electron chi connectivity index (χ0n) is 11.8. The Morgan fingerprint density at radius 1 is 1.10 bits per heavy atom. The summed E-state index contributed by atoms with van der Waals surface area (Å²) in [7, 11) is 0. The maximum Gasteiger partial charge on any atom is 0.0613 e. The van der Waals surface area contributed by atoms with E-state index in [-0.39, 0.29) is 6.04 Å². The summed E-state index contributed by atoms with van der Waals surface area (Å²) in [5, 5.41) is 5.91. The van der Waals surface area contributed by atoms with E-state index in [0.717, 1.165) is 22.0 Å². The maximum absolute atomic E-state index is 4.39. The molecule has 0 saturated heterocycles. The number of halogens is 1. The van der Waals surface area contributed by atoms with Gasteiger partial charge in [0, 0.05) is 34.6 Å². The summed E-state index contributed by atoms with van der Waals surface area (Å²) < 4.78 is 0.982. The molecular formula is C17H16BrN3. The van der Waals surface area contributed by atoms with Gasteiger partial charge in [0.1, 0.15) is 0 Å². The van der Waals surface area contributed by atoms with Gasteiger partial charge in [0.15, 0.2) is 0 Å². The molecule has 0 radical (unpaired) electrons. The molecule has 0 aliphatic rings. The highest BCUT2D eigenvalue weighted by Gasteiger charge is 2.16. The first kappa shape index (κ1) is 14.2. The van der Waals surface area contributed by atoms with Gasteiger partial charge in [0.25, 0.3) is 0 Å². The summed E-state index contributed by atoms with van der Waals surface area (Å²) >= 11 is 3.50. The Bertz CT molecular complexity index is 752. The molecule has 1 N–H and O–H groups in total. The smallest absolute Gasteiger partial charge is 0.0613 e. The van der Waals surface area contributed by atoms with E-state index in [2.05, 4.69) is 62.4 Å². The second kappa shape index (κ2) is 6.33. The van der Waals surface area contributed by atoms with Crippen LogP contribution >= 0.6 is 15.9 Å². The third-order valence-corrected chi connectivity index (χ3v) is 3.91. The molecular weight excluding hydrogens is 326 g/mol. The normalized spacial score (nSPS) is 12.5. The van der Waals surface area contributed by atoms with Crippen molar-refractivity contribution in [2.24, 2.45) is 0 Å². The van der Waals surface area contributed by atoms with Crippen molar-refractivity contribution in [1.29, 1.82) is 0 Å². The first-order chi connectivity index (χ1) is 10.3. The van der Waals surface area contributed by atoms with E-state index < -0.39 is 0 Å². The molecule has 3 rings (SSSR count). The molecule has 3 aromatic rings. The van der Waals surface area contributed by atoms with Crippen LogP contribution in [0.3, 0.4) is 0 Å². The molecule has 3 nitrogen and oxygen atoms in total. The molecule has 0 saturated carbocycles. The van der Waals surface area contributed by atoms with Crippen molar-refractivity contribution in [3.8, 4) is 0 Å². The number of benzene rings is 1. The largest absolute Gasteiger partial charge is 0.306 e. The molecule has 21 heavy (non-hydrogen) atoms. The zero-order chi connectivity index (χ0) is 14.7. The quantitative estimate of drug-likeness (QED) is 0.776. The fourth-order valence-corrected chi connectivity index (χ4v) is 2.95. The first-order valence-corrected chi connectivity index (χ1v) is 7.75. The average Bonchev–Trinajstić information content (AvgIpc) is 2.52. The van der Waals surface area contributed by atoms with Gasteiger partial charge in [-0.2, -0.15) is 0 Å². The molecule has 4 heteroatoms. The van der Waals surface area contributed by atoms with Gasteiger partial charge in [-0.05, 0) is 45.1 Å². The third-order valence-electron chi connectivity index (χ3n) is 3.48. The molecule has 1 unspecified atom stereocenters. The van der Waals surface area contributed by atoms with Gasteiger partial charge < -0.3 is 5.32 Å². The summed E-state index contributed by atoms with van der Waals surface area (Å²) in [5.74, 6) is 0. The molecule has 2 aromatic heterocycles. The van der Waals surface area contributed by atoms with Gasteiger partial charge in [-0.15, -0.1) is 0 Å². The Labute approximate surface area is 132 Å². The lowest BCUT2D eigenvalue weighted by Gasteiger charge is -2.20. The van der Waals surface area contributed by atoms with Gasteiger partial charge in [-0.25, -0.2) is 0 Å². The van der Waals surface area contributed by atoms with Gasteiger partial charge >= 0.3 is 0 Å². The topological polar surface area (TPSA) is 37.8 Å². The Hall–Kier alpha value is -1.78. The first-order valence-electron chi connectivity index (χ1n) is 6.96. The highest BCUT2D eigenvalue weighted by atomic mass is 79.9. The highest BCUT2D eigenvalue weighted by Crippen LogP contribution is 2.28. The number of nitrogens with zero attached hydrogens (tertiary/aromatic N) is 2. The van der Waals surface area contributed by atoms with Crippen molar-refractivity contribution in [2.75, 3.05) is 6.54 Å². The Morgan fingerprint density at radius 3 is 2.71 bits per heavy atom. The number of hydrogen-bond donors (Lipinski definition) is 1. The monoisotopic (exact) mass is 341 g/mol. The van der Waals surface area contributed by atoms with Crippen molar-refractivity contribution >= 4 is 26.7 Å². The lowest BCUT2D eigenvalue weighted by molar-refractivity contribution is 0.630. The van der Waals surface area contributed by atoms with Crippen LogP contribution in [0.15, 0.2) is 59.6 Å². The fraction of sp³-hybridized carbons (Fsp3) is 0.176. The second-order valence-corrected chi connectivity index (χ2v) is 5.79. The predicted octanol–water partition coefficient (Wildman–Crippen LogP) is 4.09. The average molecular weight is 342 g/mol. The zero-order valence-corrected chi connectivity index (χ0v) is 13.3. The summed E-state index contributed by atoms with van der Waals surface area (Å²) in [5.41, 5.74) is 2.30. The van der Waals surface area contributed by atoms with E-state index in [9.17, 15) is 0 Å². The van der Waals surface area contributed by atoms with E-state index in [4.69, 9.17) is 0 Å². The van der Waals surface area contributed by atoms with Crippen LogP contribution in [0.5, 0.6) is 0 Å². The number of nitrogens with one attached hydrogen (secondary N) is 1. The van der Waals surface area contributed by atoms with Crippen molar-refractivity contribution in [2.45, 2.75) is 13.0 Å². The lowest BCUT2D eigenvalue weighted by Crippen LogP contribution is -2.22. The van der Waals surface area contributed by atoms with Crippen LogP contribution in [0.2, 0.25) is 0 Å². The number of fused-ring (bicyclic) bond motifs is 1. The van der Waals surface area contributed by atoms with Crippen LogP contribution in [0.1, 0.15) is 24.1 Å². The van der Waals surface area contributed by atoms with E-state index in [1.165, 1.54) is 10.9 Å². The minimum Gasteiger partial charge on any atom is -0.306 e. The molecule has 0 amide bonds. The number of hydrogen-bond acceptors (Lipinski definition) is 3. The Morgan fingerprint density at radius 2 is 1.90 bits per heavy atom. The van der Waals surface area contributed by atoms with E-state index in [1.807, 2.05) is 24.7 Å². The molecule has 106 valence electrons. The van der Waals surface area contributed by atoms with Crippen LogP contribution in [-0.4, -0.2) is 16.5 Å². The summed E-state index contributed by atoms with van der Waals surface area (Å²) in [6.45, 7) is 2.98. The van der Waals surface area contributed by atoms with Crippen LogP contribution in [0, 0.1) is 0 Å². The molecule has 0 fully saturated rings. The van der Waals surface area contributed by atoms with Crippen molar-refractivity contribution < 1.29 is 0 Å². The molecule has 0 bridgehead atoms. The number of aromatic nitrogens is 2. The van der Waals surface area contributed by atoms with Gasteiger partial charge in [0.2, 0.25) is 0 Å². The molecule has 0 aliphatic carbocycles. The van der Waals surface area contributed by atoms with Crippen LogP contribution < -0.4 is 5.32 Å². The van der Waals surface area contributed by atoms with Gasteiger partial charge in [-0.1, -0.05) is 31.2 Å². The van der Waals surface area contributed by atoms with Crippen molar-refractivity contribution in [3.63, 3.8) is 0 Å². The van der Waals surface area contributed by atoms with Gasteiger partial charge in [0.05, 0.1) is 6.04 Å². The molecule has 1 atom stereocenters. The summed E-state index contributed by atoms with van der Waals surface area (Å²) in [4.78, 5) is 8.68. The molecule has 0 aliphatic heterocycles. The summed E-state index contributed by atoms with van der Waals surface area (Å²) in [6, 6.07) is 10.5. The van der Waals surface area contributed by atoms with E-state index in [1.54, 1.807) is 6.20 Å². The molecule has 1 aromatic carbocycles. The Kier molecular flexibility index (Phi) is 4.27. The highest BCUT2D eigenvalue weighted by molar-refractivity contribution is 9.10. The van der Waals surface area contributed by atoms with Crippen LogP contribution in [0.25, 0.3) is 10.8 Å². The van der Waals surface area contributed by atoms with Gasteiger partial charge in [-0.3, -0.25) is 9.97 Å². The third kappa shape index (κ3) is 2.96. The van der Waals surface area contributed by atoms with E-state index in [0.29, 0.717) is 0 Å². The van der Waals surface area contributed by atoms with Crippen LogP contribution in [-0.2, 0) is 0 Å². The lowest BCUT2D eigenvalue weighted by atomic mass is 9.97. The minimum absolute atomic E-state index is 0.0820. The standard InChI is InChI=1S/C17H16BrN3/c1-2-21-17(13-7-14(18)10-19-9-13)16-11-20-8-12-5-3-4-6-15(12)16/h3-11,17,21H,2H2,1H3. The van der Waals surface area contributed by atoms with E-state index >= 15 is 0 Å². The molecule has 2 heterocycles. The second-order valence-electron chi connectivity index (χ2n) is 4.88. The number of pyridine rings is 2. The molecule has 0 spiro atoms. The van der Waals surface area contributed by atoms with Crippen LogP contribution in [0.4, 0.5) is 0 Å². The van der Waals surface area contributed by atoms with Crippen molar-refractivity contribution in [3.05, 3.63) is 70.7 Å². The SMILES string of the molecule is CCNC(c1cncc(Br)c1)c1cncc2ccccc12. The number of rotatable bonds is 4. The maximum atomic E-state index is 4.39. The van der Waals surface area contributed by atoms with Crippen molar-refractivity contribution in [1.82, 2.24) is 15.3 Å². The predicted molar refractivity (Wildman–Crippen MR) is 89.2 cm³/mol. The minimum atomic E-state index is 0.0820. The fourth-order valence-electron chi connectivity index (χ4n) is 2.57. The Balaban J connectivity index is 2.16. The summed E-state index contributed by atoms with van der Waals surface area (Å²) in [6.07, 6.45) is 7.55.